The predicted molar refractivity (Wildman–Crippen MR) is 288 cm³/mol. The molecule has 0 radical (unpaired) electrons. The Morgan fingerprint density at radius 1 is 0.342 bits per heavy atom. The Bertz CT molecular complexity index is 2030. The van der Waals surface area contributed by atoms with Gasteiger partial charge in [0.2, 0.25) is 0 Å². The average Bonchev–Trinajstić information content (AvgIpc) is 3.44. The highest BCUT2D eigenvalue weighted by Crippen LogP contribution is 2.39. The number of ether oxygens (including phenoxy) is 16. The maximum Gasteiger partial charge on any atom is 0.166 e. The molecule has 4 rings (SSSR count). The van der Waals surface area contributed by atoms with E-state index in [2.05, 4.69) is 9.98 Å². The summed E-state index contributed by atoms with van der Waals surface area (Å²) in [5, 5.41) is 22.1. The van der Waals surface area contributed by atoms with Crippen LogP contribution < -0.4 is 18.9 Å². The molecule has 4 aromatic carbocycles. The third-order valence-electron chi connectivity index (χ3n) is 10.7. The molecule has 0 atom stereocenters. The number of nitrogens with zero attached hydrogens (tertiary/aromatic N) is 2. The van der Waals surface area contributed by atoms with Crippen LogP contribution in [0.3, 0.4) is 0 Å². The van der Waals surface area contributed by atoms with E-state index in [1.165, 1.54) is 14.2 Å². The normalized spacial score (nSPS) is 11.6. The van der Waals surface area contributed by atoms with Gasteiger partial charge in [0.1, 0.15) is 24.7 Å². The van der Waals surface area contributed by atoms with Gasteiger partial charge in [-0.05, 0) is 47.5 Å². The maximum atomic E-state index is 11.0. The second-order valence-electron chi connectivity index (χ2n) is 16.1. The molecule has 4 aromatic rings. The lowest BCUT2D eigenvalue weighted by Crippen LogP contribution is -2.14. The fourth-order valence-electron chi connectivity index (χ4n) is 6.85. The highest BCUT2D eigenvalue weighted by atomic mass is 16.6. The smallest absolute Gasteiger partial charge is 0.166 e. The fourth-order valence-corrected chi connectivity index (χ4v) is 6.85. The van der Waals surface area contributed by atoms with Crippen molar-refractivity contribution in [3.05, 3.63) is 83.9 Å². The van der Waals surface area contributed by atoms with Crippen LogP contribution in [-0.2, 0) is 56.8 Å². The number of methoxy groups -OCH3 is 4. The molecule has 2 N–H and O–H groups in total. The fraction of sp³-hybridized carbons (Fsp3) is 0.536. The Morgan fingerprint density at radius 3 is 0.908 bits per heavy atom. The van der Waals surface area contributed by atoms with Crippen molar-refractivity contribution in [2.45, 2.75) is 0 Å². The summed E-state index contributed by atoms with van der Waals surface area (Å²) in [6.45, 7) is 11.8. The molecule has 0 aliphatic carbocycles. The summed E-state index contributed by atoms with van der Waals surface area (Å²) in [5.74, 6) is 1.76. The molecule has 0 aliphatic heterocycles. The second kappa shape index (κ2) is 41.7. The monoisotopic (exact) mass is 1070 g/mol. The molecule has 0 spiro atoms. The first-order valence-corrected chi connectivity index (χ1v) is 25.5. The van der Waals surface area contributed by atoms with Gasteiger partial charge in [0.15, 0.2) is 23.0 Å². The molecule has 0 unspecified atom stereocenters. The van der Waals surface area contributed by atoms with Gasteiger partial charge < -0.3 is 86.0 Å². The largest absolute Gasteiger partial charge is 0.504 e. The molecule has 0 saturated heterocycles. The molecule has 0 heterocycles. The lowest BCUT2D eigenvalue weighted by Gasteiger charge is -2.14. The van der Waals surface area contributed by atoms with Crippen LogP contribution in [0.1, 0.15) is 11.1 Å². The topological polar surface area (TPSA) is 213 Å². The Labute approximate surface area is 447 Å². The minimum Gasteiger partial charge on any atom is -0.504 e. The average molecular weight is 1070 g/mol. The summed E-state index contributed by atoms with van der Waals surface area (Å²) >= 11 is 0. The first-order valence-electron chi connectivity index (χ1n) is 25.5. The minimum atomic E-state index is -0.0489. The van der Waals surface area contributed by atoms with E-state index < -0.39 is 0 Å². The summed E-state index contributed by atoms with van der Waals surface area (Å²) < 4.78 is 88.5. The van der Waals surface area contributed by atoms with Gasteiger partial charge in [0.05, 0.1) is 173 Å². The molecular weight excluding hydrogens is 989 g/mol. The number of phenols is 2. The number of aliphatic imine (C=N–C) groups is 2. The highest BCUT2D eigenvalue weighted by Gasteiger charge is 2.16. The van der Waals surface area contributed by atoms with E-state index >= 15 is 0 Å². The molecule has 0 saturated carbocycles. The summed E-state index contributed by atoms with van der Waals surface area (Å²) in [7, 11) is 6.27. The molecular formula is C56H80N2O18. The van der Waals surface area contributed by atoms with Crippen LogP contribution in [0.25, 0.3) is 22.3 Å². The van der Waals surface area contributed by atoms with Gasteiger partial charge in [0, 0.05) is 48.9 Å². The van der Waals surface area contributed by atoms with Gasteiger partial charge in [-0.3, -0.25) is 9.98 Å². The molecule has 0 fully saturated rings. The standard InChI is InChI=1S/C56H80N2O18/c1-61-15-17-65-19-21-67-23-25-69-27-29-71-31-33-73-35-37-75-51-11-7-5-9-49(51)45-39-47(55(59)53(41-45)63-3)43-57-13-14-58-44-48-40-46(42-54(64-4)56(48)60)50-10-6-8-12-52(50)76-38-36-74-34-32-72-30-28-70-26-24-68-22-20-66-18-16-62-2/h5-12,39-44,59-60H,13-38H2,1-4H3. The molecule has 0 aliphatic rings. The Kier molecular flexibility index (Phi) is 34.6. The number of para-hydroxylation sites is 2. The summed E-state index contributed by atoms with van der Waals surface area (Å²) in [5.41, 5.74) is 4.04. The zero-order valence-electron chi connectivity index (χ0n) is 44.8. The number of benzene rings is 4. The lowest BCUT2D eigenvalue weighted by molar-refractivity contribution is -0.0159. The minimum absolute atomic E-state index is 0.0489. The summed E-state index contributed by atoms with van der Waals surface area (Å²) in [6, 6.07) is 22.4. The van der Waals surface area contributed by atoms with E-state index in [9.17, 15) is 10.2 Å². The number of hydrogen-bond acceptors (Lipinski definition) is 20. The van der Waals surface area contributed by atoms with Crippen molar-refractivity contribution in [3.63, 3.8) is 0 Å². The van der Waals surface area contributed by atoms with Crippen LogP contribution in [0.15, 0.2) is 82.8 Å². The van der Waals surface area contributed by atoms with Crippen LogP contribution in [0.5, 0.6) is 34.5 Å². The van der Waals surface area contributed by atoms with Crippen molar-refractivity contribution in [2.75, 3.05) is 200 Å². The molecule has 20 heteroatoms. The van der Waals surface area contributed by atoms with E-state index in [0.29, 0.717) is 194 Å². The molecule has 76 heavy (non-hydrogen) atoms. The first-order chi connectivity index (χ1) is 37.5. The van der Waals surface area contributed by atoms with Crippen LogP contribution in [0.4, 0.5) is 0 Å². The van der Waals surface area contributed by atoms with Gasteiger partial charge in [-0.1, -0.05) is 36.4 Å². The van der Waals surface area contributed by atoms with Gasteiger partial charge in [-0.25, -0.2) is 0 Å². The Balaban J connectivity index is 1.17. The molecule has 422 valence electrons. The van der Waals surface area contributed by atoms with Crippen LogP contribution in [0, 0.1) is 0 Å². The van der Waals surface area contributed by atoms with Gasteiger partial charge in [-0.2, -0.15) is 0 Å². The molecule has 0 aromatic heterocycles. The molecule has 0 amide bonds. The van der Waals surface area contributed by atoms with Crippen LogP contribution >= 0.6 is 0 Å². The number of phenolic OH excluding ortho intramolecular Hbond substituents is 2. The van der Waals surface area contributed by atoms with Crippen molar-refractivity contribution in [1.82, 2.24) is 0 Å². The Morgan fingerprint density at radius 2 is 0.618 bits per heavy atom. The molecule has 20 nitrogen and oxygen atoms in total. The number of aromatic hydroxyl groups is 2. The van der Waals surface area contributed by atoms with Crippen molar-refractivity contribution < 1.29 is 86.0 Å². The van der Waals surface area contributed by atoms with Gasteiger partial charge >= 0.3 is 0 Å². The van der Waals surface area contributed by atoms with Crippen molar-refractivity contribution >= 4 is 12.4 Å². The van der Waals surface area contributed by atoms with Gasteiger partial charge in [-0.15, -0.1) is 0 Å². The Hall–Kier alpha value is -5.46. The van der Waals surface area contributed by atoms with E-state index in [4.69, 9.17) is 75.8 Å². The summed E-state index contributed by atoms with van der Waals surface area (Å²) in [6.07, 6.45) is 3.16. The zero-order chi connectivity index (χ0) is 53.9. The lowest BCUT2D eigenvalue weighted by atomic mass is 10.0. The van der Waals surface area contributed by atoms with E-state index in [1.807, 2.05) is 60.7 Å². The second-order valence-corrected chi connectivity index (χ2v) is 16.1. The van der Waals surface area contributed by atoms with Crippen molar-refractivity contribution in [1.29, 1.82) is 0 Å². The van der Waals surface area contributed by atoms with Gasteiger partial charge in [0.25, 0.3) is 0 Å². The van der Waals surface area contributed by atoms with Crippen LogP contribution in [0.2, 0.25) is 0 Å². The van der Waals surface area contributed by atoms with Crippen molar-refractivity contribution in [2.24, 2.45) is 9.98 Å². The third-order valence-corrected chi connectivity index (χ3v) is 10.7. The quantitative estimate of drug-likeness (QED) is 0.0372. The SMILES string of the molecule is COCCOCCOCCOCCOCCOCCOc1ccccc1-c1cc(C=NCCN=Cc2cc(-c3ccccc3OCCOCCOCCOCCOCCOCCOC)cc(OC)c2O)c(O)c(OC)c1. The maximum absolute atomic E-state index is 11.0. The molecule has 0 bridgehead atoms. The first kappa shape index (κ1) is 63.1. The predicted octanol–water partition coefficient (Wildman–Crippen LogP) is 6.20. The van der Waals surface area contributed by atoms with E-state index in [-0.39, 0.29) is 23.0 Å². The number of hydrogen-bond donors (Lipinski definition) is 2. The zero-order valence-corrected chi connectivity index (χ0v) is 44.8. The van der Waals surface area contributed by atoms with E-state index in [1.54, 1.807) is 38.8 Å². The van der Waals surface area contributed by atoms with Crippen LogP contribution in [-0.4, -0.2) is 223 Å². The van der Waals surface area contributed by atoms with Crippen molar-refractivity contribution in [3.8, 4) is 56.8 Å². The summed E-state index contributed by atoms with van der Waals surface area (Å²) in [4.78, 5) is 9.09. The highest BCUT2D eigenvalue weighted by molar-refractivity contribution is 5.90. The number of rotatable bonds is 47. The third kappa shape index (κ3) is 26.1. The van der Waals surface area contributed by atoms with E-state index in [0.717, 1.165) is 22.3 Å².